The van der Waals surface area contributed by atoms with E-state index in [1.165, 1.54) is 6.07 Å². The number of pyridine rings is 1. The van der Waals surface area contributed by atoms with Crippen molar-refractivity contribution in [3.63, 3.8) is 0 Å². The molecule has 1 amide bonds. The molecule has 1 aromatic carbocycles. The molecule has 0 unspecified atom stereocenters. The van der Waals surface area contributed by atoms with Crippen LogP contribution in [0.25, 0.3) is 0 Å². The van der Waals surface area contributed by atoms with Gasteiger partial charge in [0.2, 0.25) is 5.91 Å². The summed E-state index contributed by atoms with van der Waals surface area (Å²) in [7, 11) is 0. The van der Waals surface area contributed by atoms with Crippen molar-refractivity contribution in [1.29, 1.82) is 0 Å². The maximum atomic E-state index is 13.4. The topological polar surface area (TPSA) is 42.0 Å². The van der Waals surface area contributed by atoms with E-state index in [4.69, 9.17) is 0 Å². The summed E-state index contributed by atoms with van der Waals surface area (Å²) in [6, 6.07) is 10.5. The van der Waals surface area contributed by atoms with Gasteiger partial charge in [0.1, 0.15) is 5.82 Å². The Bertz CT molecular complexity index is 572. The van der Waals surface area contributed by atoms with Gasteiger partial charge in [0.15, 0.2) is 0 Å². The van der Waals surface area contributed by atoms with Crippen molar-refractivity contribution in [3.05, 3.63) is 65.7 Å². The van der Waals surface area contributed by atoms with E-state index in [1.54, 1.807) is 24.4 Å². The fourth-order valence-electron chi connectivity index (χ4n) is 2.13. The maximum absolute atomic E-state index is 13.4. The number of hydrogen-bond acceptors (Lipinski definition) is 2. The standard InChI is InChI=1S/C17H19FN2O/c18-16-8-2-1-7-15(16)10-12-20-17(21)9-3-5-14-6-4-11-19-13-14/h1-2,4,6-8,11,13H,3,5,9-10,12H2,(H,20,21). The van der Waals surface area contributed by atoms with Crippen molar-refractivity contribution in [2.75, 3.05) is 6.54 Å². The smallest absolute Gasteiger partial charge is 0.220 e. The average molecular weight is 286 g/mol. The highest BCUT2D eigenvalue weighted by Crippen LogP contribution is 2.06. The first kappa shape index (κ1) is 15.2. The lowest BCUT2D eigenvalue weighted by molar-refractivity contribution is -0.121. The fourth-order valence-corrected chi connectivity index (χ4v) is 2.13. The molecule has 1 aromatic heterocycles. The molecule has 2 rings (SSSR count). The molecule has 0 bridgehead atoms. The van der Waals surface area contributed by atoms with Gasteiger partial charge in [-0.15, -0.1) is 0 Å². The molecule has 21 heavy (non-hydrogen) atoms. The molecule has 3 nitrogen and oxygen atoms in total. The van der Waals surface area contributed by atoms with Crippen LogP contribution < -0.4 is 5.32 Å². The quantitative estimate of drug-likeness (QED) is 0.850. The Kier molecular flexibility index (Phi) is 5.88. The van der Waals surface area contributed by atoms with Crippen molar-refractivity contribution in [3.8, 4) is 0 Å². The van der Waals surface area contributed by atoms with Crippen molar-refractivity contribution in [2.45, 2.75) is 25.7 Å². The molecule has 0 saturated heterocycles. The van der Waals surface area contributed by atoms with Crippen LogP contribution in [-0.4, -0.2) is 17.4 Å². The zero-order chi connectivity index (χ0) is 14.9. The van der Waals surface area contributed by atoms with Crippen molar-refractivity contribution in [1.82, 2.24) is 10.3 Å². The van der Waals surface area contributed by atoms with Gasteiger partial charge in [0.05, 0.1) is 0 Å². The first-order valence-corrected chi connectivity index (χ1v) is 7.15. The van der Waals surface area contributed by atoms with Crippen LogP contribution in [-0.2, 0) is 17.6 Å². The molecule has 2 aromatic rings. The predicted octanol–water partition coefficient (Wildman–Crippen LogP) is 2.90. The largest absolute Gasteiger partial charge is 0.356 e. The van der Waals surface area contributed by atoms with Crippen LogP contribution in [0.15, 0.2) is 48.8 Å². The van der Waals surface area contributed by atoms with E-state index >= 15 is 0 Å². The molecule has 0 aliphatic carbocycles. The lowest BCUT2D eigenvalue weighted by atomic mass is 10.1. The van der Waals surface area contributed by atoms with Crippen molar-refractivity contribution in [2.24, 2.45) is 0 Å². The number of amides is 1. The van der Waals surface area contributed by atoms with Gasteiger partial charge in [-0.3, -0.25) is 9.78 Å². The molecular weight excluding hydrogens is 267 g/mol. The molecule has 0 radical (unpaired) electrons. The lowest BCUT2D eigenvalue weighted by Gasteiger charge is -2.06. The second-order valence-corrected chi connectivity index (χ2v) is 4.91. The van der Waals surface area contributed by atoms with Gasteiger partial charge in [-0.05, 0) is 42.5 Å². The molecule has 0 fully saturated rings. The molecule has 0 saturated carbocycles. The summed E-state index contributed by atoms with van der Waals surface area (Å²) in [6.45, 7) is 0.465. The van der Waals surface area contributed by atoms with Crippen LogP contribution >= 0.6 is 0 Å². The Morgan fingerprint density at radius 3 is 2.76 bits per heavy atom. The molecule has 0 spiro atoms. The number of halogens is 1. The van der Waals surface area contributed by atoms with E-state index in [0.717, 1.165) is 18.4 Å². The van der Waals surface area contributed by atoms with E-state index in [1.807, 2.05) is 18.3 Å². The second kappa shape index (κ2) is 8.15. The predicted molar refractivity (Wildman–Crippen MR) is 80.3 cm³/mol. The average Bonchev–Trinajstić information content (AvgIpc) is 2.50. The number of carbonyl (C=O) groups is 1. The Hall–Kier alpha value is -2.23. The fraction of sp³-hybridized carbons (Fsp3) is 0.294. The van der Waals surface area contributed by atoms with Crippen molar-refractivity contribution < 1.29 is 9.18 Å². The molecule has 1 heterocycles. The third kappa shape index (κ3) is 5.34. The molecule has 0 aliphatic rings. The highest BCUT2D eigenvalue weighted by atomic mass is 19.1. The van der Waals surface area contributed by atoms with Gasteiger partial charge in [-0.25, -0.2) is 4.39 Å². The summed E-state index contributed by atoms with van der Waals surface area (Å²) >= 11 is 0. The minimum atomic E-state index is -0.219. The normalized spacial score (nSPS) is 10.3. The summed E-state index contributed by atoms with van der Waals surface area (Å²) in [5.41, 5.74) is 1.77. The van der Waals surface area contributed by atoms with Gasteiger partial charge in [-0.2, -0.15) is 0 Å². The van der Waals surface area contributed by atoms with Gasteiger partial charge in [0.25, 0.3) is 0 Å². The highest BCUT2D eigenvalue weighted by Gasteiger charge is 2.03. The number of benzene rings is 1. The molecule has 110 valence electrons. The molecule has 1 N–H and O–H groups in total. The van der Waals surface area contributed by atoms with Gasteiger partial charge >= 0.3 is 0 Å². The number of hydrogen-bond donors (Lipinski definition) is 1. The summed E-state index contributed by atoms with van der Waals surface area (Å²) < 4.78 is 13.4. The van der Waals surface area contributed by atoms with E-state index in [9.17, 15) is 9.18 Å². The van der Waals surface area contributed by atoms with E-state index in [-0.39, 0.29) is 11.7 Å². The van der Waals surface area contributed by atoms with Crippen molar-refractivity contribution >= 4 is 5.91 Å². The van der Waals surface area contributed by atoms with E-state index < -0.39 is 0 Å². The molecule has 4 heteroatoms. The first-order chi connectivity index (χ1) is 10.3. The van der Waals surface area contributed by atoms with Crippen LogP contribution in [0.5, 0.6) is 0 Å². The van der Waals surface area contributed by atoms with Crippen LogP contribution in [0.1, 0.15) is 24.0 Å². The van der Waals surface area contributed by atoms with Crippen LogP contribution in [0, 0.1) is 5.82 Å². The Morgan fingerprint density at radius 2 is 2.00 bits per heavy atom. The third-order valence-corrected chi connectivity index (χ3v) is 3.27. The maximum Gasteiger partial charge on any atom is 0.220 e. The van der Waals surface area contributed by atoms with E-state index in [0.29, 0.717) is 24.9 Å². The van der Waals surface area contributed by atoms with E-state index in [2.05, 4.69) is 10.3 Å². The highest BCUT2D eigenvalue weighted by molar-refractivity contribution is 5.75. The van der Waals surface area contributed by atoms with Crippen LogP contribution in [0.3, 0.4) is 0 Å². The third-order valence-electron chi connectivity index (χ3n) is 3.27. The minimum Gasteiger partial charge on any atom is -0.356 e. The second-order valence-electron chi connectivity index (χ2n) is 4.91. The number of nitrogens with one attached hydrogen (secondary N) is 1. The SMILES string of the molecule is O=C(CCCc1cccnc1)NCCc1ccccc1F. The monoisotopic (exact) mass is 286 g/mol. The van der Waals surface area contributed by atoms with Crippen LogP contribution in [0.4, 0.5) is 4.39 Å². The minimum absolute atomic E-state index is 0.00947. The van der Waals surface area contributed by atoms with Gasteiger partial charge in [-0.1, -0.05) is 24.3 Å². The number of aromatic nitrogens is 1. The molecule has 0 atom stereocenters. The zero-order valence-corrected chi connectivity index (χ0v) is 11.9. The summed E-state index contributed by atoms with van der Waals surface area (Å²) in [6.07, 6.45) is 6.17. The number of nitrogens with zero attached hydrogens (tertiary/aromatic N) is 1. The number of carbonyl (C=O) groups excluding carboxylic acids is 1. The lowest BCUT2D eigenvalue weighted by Crippen LogP contribution is -2.25. The zero-order valence-electron chi connectivity index (χ0n) is 11.9. The number of aryl methyl sites for hydroxylation is 1. The molecular formula is C17H19FN2O. The van der Waals surface area contributed by atoms with Gasteiger partial charge in [0, 0.05) is 25.4 Å². The number of rotatable bonds is 7. The Morgan fingerprint density at radius 1 is 1.14 bits per heavy atom. The van der Waals surface area contributed by atoms with Gasteiger partial charge < -0.3 is 5.32 Å². The first-order valence-electron chi connectivity index (χ1n) is 7.15. The molecule has 0 aliphatic heterocycles. The Labute approximate surface area is 124 Å². The summed E-state index contributed by atoms with van der Waals surface area (Å²) in [5.74, 6) is -0.210. The summed E-state index contributed by atoms with van der Waals surface area (Å²) in [5, 5.41) is 2.82. The Balaban J connectivity index is 1.63. The summed E-state index contributed by atoms with van der Waals surface area (Å²) in [4.78, 5) is 15.7. The van der Waals surface area contributed by atoms with Crippen LogP contribution in [0.2, 0.25) is 0 Å².